The van der Waals surface area contributed by atoms with Crippen molar-refractivity contribution >= 4 is 41.0 Å². The molecule has 146 valence electrons. The van der Waals surface area contributed by atoms with Gasteiger partial charge in [-0.3, -0.25) is 9.59 Å². The smallest absolute Gasteiger partial charge is 0.330 e. The van der Waals surface area contributed by atoms with Crippen LogP contribution in [0.5, 0.6) is 0 Å². The fourth-order valence-corrected chi connectivity index (χ4v) is 3.94. The number of carbonyl (C=O) groups is 3. The number of nitrogens with zero attached hydrogens (tertiary/aromatic N) is 3. The molecule has 2 N–H and O–H groups in total. The van der Waals surface area contributed by atoms with Gasteiger partial charge >= 0.3 is 5.97 Å². The highest BCUT2D eigenvalue weighted by Crippen LogP contribution is 2.31. The van der Waals surface area contributed by atoms with Crippen molar-refractivity contribution in [3.05, 3.63) is 50.8 Å². The molecule has 0 spiro atoms. The molecule has 2 aromatic rings. The van der Waals surface area contributed by atoms with Gasteiger partial charge in [-0.05, 0) is 25.1 Å². The number of amides is 2. The van der Waals surface area contributed by atoms with E-state index < -0.39 is 12.0 Å². The standard InChI is InChI=1S/C18H16Cl2N4O4/c1-8-4-13-10(15-16(25)21-6-14(18(27)28)24(15)22-13)7-23(8)17(26)9-2-3-11(19)12(20)5-9/h2-3,5,8,14H,4,6-7H2,1H3,(H,21,25)(H,27,28)/t8-,14+/m1/s1. The average molecular weight is 423 g/mol. The number of carbonyl (C=O) groups excluding carboxylic acids is 2. The highest BCUT2D eigenvalue weighted by Gasteiger charge is 2.39. The van der Waals surface area contributed by atoms with E-state index in [1.807, 2.05) is 6.92 Å². The molecule has 28 heavy (non-hydrogen) atoms. The third kappa shape index (κ3) is 2.93. The van der Waals surface area contributed by atoms with Crippen molar-refractivity contribution < 1.29 is 19.5 Å². The predicted molar refractivity (Wildman–Crippen MR) is 101 cm³/mol. The Morgan fingerprint density at radius 2 is 2.04 bits per heavy atom. The maximum Gasteiger partial charge on any atom is 0.330 e. The van der Waals surface area contributed by atoms with Gasteiger partial charge in [-0.2, -0.15) is 5.10 Å². The van der Waals surface area contributed by atoms with Gasteiger partial charge in [0.15, 0.2) is 6.04 Å². The highest BCUT2D eigenvalue weighted by atomic mass is 35.5. The molecule has 0 aliphatic carbocycles. The van der Waals surface area contributed by atoms with Gasteiger partial charge in [0.05, 0.1) is 28.8 Å². The van der Waals surface area contributed by atoms with Crippen LogP contribution in [0.2, 0.25) is 10.0 Å². The summed E-state index contributed by atoms with van der Waals surface area (Å²) < 4.78 is 1.27. The summed E-state index contributed by atoms with van der Waals surface area (Å²) in [5.74, 6) is -1.71. The van der Waals surface area contributed by atoms with Crippen molar-refractivity contribution in [2.75, 3.05) is 6.54 Å². The molecule has 0 radical (unpaired) electrons. The van der Waals surface area contributed by atoms with Crippen molar-refractivity contribution in [2.45, 2.75) is 32.0 Å². The van der Waals surface area contributed by atoms with Crippen LogP contribution < -0.4 is 5.32 Å². The van der Waals surface area contributed by atoms with Gasteiger partial charge in [0, 0.05) is 23.6 Å². The summed E-state index contributed by atoms with van der Waals surface area (Å²) in [5, 5.41) is 17.0. The van der Waals surface area contributed by atoms with Crippen molar-refractivity contribution in [3.8, 4) is 0 Å². The van der Waals surface area contributed by atoms with Crippen LogP contribution in [0.15, 0.2) is 18.2 Å². The molecule has 0 bridgehead atoms. The Morgan fingerprint density at radius 3 is 2.71 bits per heavy atom. The van der Waals surface area contributed by atoms with Crippen LogP contribution in [0.1, 0.15) is 45.1 Å². The Labute approximate surface area is 170 Å². The molecule has 10 heteroatoms. The van der Waals surface area contributed by atoms with Gasteiger partial charge in [-0.25, -0.2) is 9.48 Å². The molecule has 0 fully saturated rings. The Kier molecular flexibility index (Phi) is 4.55. The Bertz CT molecular complexity index is 1020. The van der Waals surface area contributed by atoms with Crippen LogP contribution in [-0.2, 0) is 17.8 Å². The molecule has 2 aliphatic heterocycles. The summed E-state index contributed by atoms with van der Waals surface area (Å²) in [6.45, 7) is 2.01. The van der Waals surface area contributed by atoms with Gasteiger partial charge in [-0.1, -0.05) is 23.2 Å². The van der Waals surface area contributed by atoms with E-state index in [9.17, 15) is 19.5 Å². The molecule has 2 amide bonds. The van der Waals surface area contributed by atoms with Crippen LogP contribution in [0.4, 0.5) is 0 Å². The monoisotopic (exact) mass is 422 g/mol. The number of carboxylic acid groups (broad SMARTS) is 1. The molecule has 1 aromatic heterocycles. The lowest BCUT2D eigenvalue weighted by atomic mass is 9.97. The van der Waals surface area contributed by atoms with Gasteiger partial charge in [0.25, 0.3) is 11.8 Å². The van der Waals surface area contributed by atoms with E-state index in [0.717, 1.165) is 0 Å². The van der Waals surface area contributed by atoms with Crippen molar-refractivity contribution in [3.63, 3.8) is 0 Å². The molecular formula is C18H16Cl2N4O4. The van der Waals surface area contributed by atoms with E-state index in [1.54, 1.807) is 17.0 Å². The number of aromatic nitrogens is 2. The largest absolute Gasteiger partial charge is 0.480 e. The molecule has 3 heterocycles. The van der Waals surface area contributed by atoms with E-state index in [2.05, 4.69) is 10.4 Å². The van der Waals surface area contributed by atoms with E-state index in [0.29, 0.717) is 28.3 Å². The van der Waals surface area contributed by atoms with Gasteiger partial charge in [0.2, 0.25) is 0 Å². The second kappa shape index (κ2) is 6.79. The molecule has 0 saturated carbocycles. The van der Waals surface area contributed by atoms with E-state index >= 15 is 0 Å². The zero-order valence-electron chi connectivity index (χ0n) is 14.8. The molecule has 4 rings (SSSR count). The Balaban J connectivity index is 1.72. The molecule has 0 saturated heterocycles. The SMILES string of the molecule is C[C@@H]1Cc2nn3c(c2CN1C(=O)c1ccc(Cl)c(Cl)c1)C(=O)NC[C@H]3C(=O)O. The topological polar surface area (TPSA) is 105 Å². The van der Waals surface area contributed by atoms with Crippen molar-refractivity contribution in [1.29, 1.82) is 0 Å². The quantitative estimate of drug-likeness (QED) is 0.771. The van der Waals surface area contributed by atoms with E-state index in [-0.39, 0.29) is 41.7 Å². The number of nitrogens with one attached hydrogen (secondary N) is 1. The zero-order valence-corrected chi connectivity index (χ0v) is 16.3. The summed E-state index contributed by atoms with van der Waals surface area (Å²) in [4.78, 5) is 38.6. The first kappa shape index (κ1) is 18.8. The average Bonchev–Trinajstić information content (AvgIpc) is 3.01. The first-order valence-electron chi connectivity index (χ1n) is 8.65. The minimum atomic E-state index is -1.07. The predicted octanol–water partition coefficient (Wildman–Crippen LogP) is 2.15. The number of fused-ring (bicyclic) bond motifs is 3. The van der Waals surface area contributed by atoms with Crippen LogP contribution in [0.3, 0.4) is 0 Å². The lowest BCUT2D eigenvalue weighted by molar-refractivity contribution is -0.141. The first-order valence-corrected chi connectivity index (χ1v) is 9.40. The Hall–Kier alpha value is -2.58. The first-order chi connectivity index (χ1) is 13.3. The lowest BCUT2D eigenvalue weighted by Crippen LogP contribution is -2.44. The number of rotatable bonds is 2. The molecule has 2 aliphatic rings. The van der Waals surface area contributed by atoms with Crippen LogP contribution in [0.25, 0.3) is 0 Å². The normalized spacial score (nSPS) is 21.0. The minimum absolute atomic E-state index is 0.0246. The molecule has 2 atom stereocenters. The highest BCUT2D eigenvalue weighted by molar-refractivity contribution is 6.42. The molecular weight excluding hydrogens is 407 g/mol. The van der Waals surface area contributed by atoms with Crippen LogP contribution >= 0.6 is 23.2 Å². The van der Waals surface area contributed by atoms with Gasteiger partial charge in [0.1, 0.15) is 5.69 Å². The Morgan fingerprint density at radius 1 is 1.29 bits per heavy atom. The number of aliphatic carboxylic acids is 1. The fraction of sp³-hybridized carbons (Fsp3) is 0.333. The minimum Gasteiger partial charge on any atom is -0.480 e. The summed E-state index contributed by atoms with van der Waals surface area (Å²) in [5.41, 5.74) is 1.81. The maximum absolute atomic E-state index is 13.0. The summed E-state index contributed by atoms with van der Waals surface area (Å²) in [6.07, 6.45) is 0.419. The molecule has 8 nitrogen and oxygen atoms in total. The third-order valence-corrected chi connectivity index (χ3v) is 5.86. The van der Waals surface area contributed by atoms with Crippen LogP contribution in [0, 0.1) is 0 Å². The van der Waals surface area contributed by atoms with Crippen molar-refractivity contribution in [1.82, 2.24) is 20.0 Å². The fourth-order valence-electron chi connectivity index (χ4n) is 3.65. The summed E-state index contributed by atoms with van der Waals surface area (Å²) in [7, 11) is 0. The number of hydrogen-bond acceptors (Lipinski definition) is 4. The van der Waals surface area contributed by atoms with Gasteiger partial charge in [-0.15, -0.1) is 0 Å². The second-order valence-electron chi connectivity index (χ2n) is 6.90. The van der Waals surface area contributed by atoms with E-state index in [4.69, 9.17) is 23.2 Å². The summed E-state index contributed by atoms with van der Waals surface area (Å²) >= 11 is 12.0. The van der Waals surface area contributed by atoms with Gasteiger partial charge < -0.3 is 15.3 Å². The lowest BCUT2D eigenvalue weighted by Gasteiger charge is -2.33. The second-order valence-corrected chi connectivity index (χ2v) is 7.71. The molecule has 0 unspecified atom stereocenters. The zero-order chi connectivity index (χ0) is 20.2. The number of halogens is 2. The number of hydrogen-bond donors (Lipinski definition) is 2. The third-order valence-electron chi connectivity index (χ3n) is 5.12. The van der Waals surface area contributed by atoms with Crippen LogP contribution in [-0.4, -0.2) is 50.2 Å². The van der Waals surface area contributed by atoms with E-state index in [1.165, 1.54) is 10.7 Å². The summed E-state index contributed by atoms with van der Waals surface area (Å²) in [6, 6.07) is 3.52. The molecule has 1 aromatic carbocycles. The number of benzene rings is 1. The number of carboxylic acids is 1. The maximum atomic E-state index is 13.0. The van der Waals surface area contributed by atoms with Crippen molar-refractivity contribution in [2.24, 2.45) is 0 Å².